The first-order valence-electron chi connectivity index (χ1n) is 10.2. The van der Waals surface area contributed by atoms with Gasteiger partial charge in [-0.25, -0.2) is 4.98 Å². The molecule has 5 rings (SSSR count). The average molecular weight is 446 g/mol. The molecule has 0 radical (unpaired) electrons. The molecule has 1 amide bonds. The van der Waals surface area contributed by atoms with Crippen LogP contribution in [0.15, 0.2) is 67.0 Å². The van der Waals surface area contributed by atoms with Crippen LogP contribution >= 0.6 is 11.6 Å². The van der Waals surface area contributed by atoms with Gasteiger partial charge < -0.3 is 14.4 Å². The predicted molar refractivity (Wildman–Crippen MR) is 122 cm³/mol. The number of pyridine rings is 2. The summed E-state index contributed by atoms with van der Waals surface area (Å²) in [7, 11) is 0. The van der Waals surface area contributed by atoms with Gasteiger partial charge in [0.05, 0.1) is 11.1 Å². The number of fused-ring (bicyclic) bond motifs is 2. The summed E-state index contributed by atoms with van der Waals surface area (Å²) in [5.41, 5.74) is 4.18. The highest BCUT2D eigenvalue weighted by molar-refractivity contribution is 6.30. The summed E-state index contributed by atoms with van der Waals surface area (Å²) in [6, 6.07) is 17.3. The zero-order valence-corrected chi connectivity index (χ0v) is 18.2. The fourth-order valence-electron chi connectivity index (χ4n) is 3.69. The number of amides is 1. The lowest BCUT2D eigenvalue weighted by Crippen LogP contribution is -2.30. The number of hydrogen-bond donors (Lipinski definition) is 0. The molecular formula is C25H20ClN3O3. The van der Waals surface area contributed by atoms with E-state index in [-0.39, 0.29) is 12.7 Å². The molecule has 0 bridgehead atoms. The number of halogens is 1. The summed E-state index contributed by atoms with van der Waals surface area (Å²) in [6.45, 7) is 2.96. The number of benzene rings is 2. The molecular weight excluding hydrogens is 426 g/mol. The summed E-state index contributed by atoms with van der Waals surface area (Å²) < 4.78 is 10.9. The van der Waals surface area contributed by atoms with Crippen LogP contribution in [0, 0.1) is 6.92 Å². The maximum absolute atomic E-state index is 13.3. The van der Waals surface area contributed by atoms with Crippen LogP contribution in [0.5, 0.6) is 11.5 Å². The molecule has 1 aliphatic rings. The third kappa shape index (κ3) is 4.09. The minimum absolute atomic E-state index is 0.125. The quantitative estimate of drug-likeness (QED) is 0.397. The number of carbonyl (C=O) groups is 1. The Bertz CT molecular complexity index is 1290. The van der Waals surface area contributed by atoms with Crippen LogP contribution in [0.4, 0.5) is 0 Å². The van der Waals surface area contributed by atoms with Gasteiger partial charge in [-0.1, -0.05) is 41.4 Å². The van der Waals surface area contributed by atoms with Crippen molar-refractivity contribution in [3.63, 3.8) is 0 Å². The zero-order valence-electron chi connectivity index (χ0n) is 17.4. The van der Waals surface area contributed by atoms with E-state index in [2.05, 4.69) is 9.97 Å². The molecule has 0 spiro atoms. The van der Waals surface area contributed by atoms with E-state index in [1.54, 1.807) is 29.4 Å². The Morgan fingerprint density at radius 2 is 1.84 bits per heavy atom. The SMILES string of the molecule is Cc1ccc(CN(Cc2cc3cc4c(cc3nc2Cl)OCO4)C(=O)c2cccnc2)cc1. The Morgan fingerprint density at radius 3 is 2.59 bits per heavy atom. The number of ether oxygens (including phenoxy) is 2. The Kier molecular flexibility index (Phi) is 5.37. The third-order valence-electron chi connectivity index (χ3n) is 5.39. The van der Waals surface area contributed by atoms with E-state index in [1.165, 1.54) is 5.56 Å². The standard InChI is InChI=1S/C25H20ClN3O3/c1-16-4-6-17(7-5-16)13-29(25(30)18-3-2-8-27-12-18)14-20-9-19-10-22-23(32-15-31-22)11-21(19)28-24(20)26/h2-12H,13-15H2,1H3. The van der Waals surface area contributed by atoms with Crippen molar-refractivity contribution in [2.24, 2.45) is 0 Å². The van der Waals surface area contributed by atoms with Gasteiger partial charge in [0.25, 0.3) is 5.91 Å². The number of aryl methyl sites for hydroxylation is 1. The number of aromatic nitrogens is 2. The normalized spacial score (nSPS) is 12.2. The molecule has 0 saturated carbocycles. The lowest BCUT2D eigenvalue weighted by atomic mass is 10.1. The molecule has 0 unspecified atom stereocenters. The molecule has 0 atom stereocenters. The van der Waals surface area contributed by atoms with Gasteiger partial charge in [-0.05, 0) is 36.8 Å². The zero-order chi connectivity index (χ0) is 22.1. The van der Waals surface area contributed by atoms with E-state index in [0.29, 0.717) is 40.8 Å². The summed E-state index contributed by atoms with van der Waals surface area (Å²) in [5, 5.41) is 1.22. The van der Waals surface area contributed by atoms with E-state index < -0.39 is 0 Å². The lowest BCUT2D eigenvalue weighted by molar-refractivity contribution is 0.0729. The fourth-order valence-corrected chi connectivity index (χ4v) is 3.89. The van der Waals surface area contributed by atoms with Crippen molar-refractivity contribution in [2.75, 3.05) is 6.79 Å². The first kappa shape index (κ1) is 20.3. The Labute approximate surface area is 190 Å². The summed E-state index contributed by atoms with van der Waals surface area (Å²) in [5.74, 6) is 1.21. The number of rotatable bonds is 5. The van der Waals surface area contributed by atoms with Gasteiger partial charge in [0.2, 0.25) is 6.79 Å². The van der Waals surface area contributed by atoms with Gasteiger partial charge in [0, 0.05) is 42.5 Å². The van der Waals surface area contributed by atoms with Crippen LogP contribution in [-0.4, -0.2) is 27.6 Å². The molecule has 160 valence electrons. The topological polar surface area (TPSA) is 64.6 Å². The molecule has 3 heterocycles. The Hall–Kier alpha value is -3.64. The predicted octanol–water partition coefficient (Wildman–Crippen LogP) is 5.16. The van der Waals surface area contributed by atoms with Gasteiger partial charge in [0.1, 0.15) is 5.15 Å². The van der Waals surface area contributed by atoms with E-state index in [0.717, 1.165) is 16.5 Å². The van der Waals surface area contributed by atoms with Gasteiger partial charge in [-0.15, -0.1) is 0 Å². The number of carbonyl (C=O) groups excluding carboxylic acids is 1. The smallest absolute Gasteiger partial charge is 0.256 e. The minimum atomic E-state index is -0.125. The first-order valence-corrected chi connectivity index (χ1v) is 10.6. The highest BCUT2D eigenvalue weighted by Crippen LogP contribution is 2.36. The molecule has 6 nitrogen and oxygen atoms in total. The van der Waals surface area contributed by atoms with E-state index in [1.807, 2.05) is 49.4 Å². The second-order valence-corrected chi connectivity index (χ2v) is 8.08. The Balaban J connectivity index is 1.50. The van der Waals surface area contributed by atoms with Crippen molar-refractivity contribution < 1.29 is 14.3 Å². The van der Waals surface area contributed by atoms with E-state index >= 15 is 0 Å². The van der Waals surface area contributed by atoms with Crippen molar-refractivity contribution in [1.29, 1.82) is 0 Å². The van der Waals surface area contributed by atoms with E-state index in [9.17, 15) is 4.79 Å². The second-order valence-electron chi connectivity index (χ2n) is 7.72. The van der Waals surface area contributed by atoms with Gasteiger partial charge in [-0.3, -0.25) is 9.78 Å². The molecule has 7 heteroatoms. The van der Waals surface area contributed by atoms with Crippen LogP contribution in [-0.2, 0) is 13.1 Å². The second kappa shape index (κ2) is 8.48. The highest BCUT2D eigenvalue weighted by Gasteiger charge is 2.20. The molecule has 2 aromatic carbocycles. The van der Waals surface area contributed by atoms with Crippen LogP contribution in [0.2, 0.25) is 5.15 Å². The molecule has 0 aliphatic carbocycles. The monoisotopic (exact) mass is 445 g/mol. The molecule has 0 fully saturated rings. The summed E-state index contributed by atoms with van der Waals surface area (Å²) in [6.07, 6.45) is 3.22. The molecule has 0 N–H and O–H groups in total. The van der Waals surface area contributed by atoms with Crippen molar-refractivity contribution in [2.45, 2.75) is 20.0 Å². The lowest BCUT2D eigenvalue weighted by Gasteiger charge is -2.24. The Morgan fingerprint density at radius 1 is 1.06 bits per heavy atom. The van der Waals surface area contributed by atoms with Gasteiger partial charge in [0.15, 0.2) is 11.5 Å². The fraction of sp³-hybridized carbons (Fsp3) is 0.160. The van der Waals surface area contributed by atoms with Crippen LogP contribution < -0.4 is 9.47 Å². The molecule has 32 heavy (non-hydrogen) atoms. The van der Waals surface area contributed by atoms with Crippen molar-refractivity contribution in [1.82, 2.24) is 14.9 Å². The third-order valence-corrected chi connectivity index (χ3v) is 5.71. The van der Waals surface area contributed by atoms with E-state index in [4.69, 9.17) is 21.1 Å². The number of hydrogen-bond acceptors (Lipinski definition) is 5. The van der Waals surface area contributed by atoms with Crippen molar-refractivity contribution in [3.05, 3.63) is 94.4 Å². The maximum Gasteiger partial charge on any atom is 0.256 e. The summed E-state index contributed by atoms with van der Waals surface area (Å²) >= 11 is 6.54. The van der Waals surface area contributed by atoms with Crippen LogP contribution in [0.3, 0.4) is 0 Å². The average Bonchev–Trinajstić information content (AvgIpc) is 3.26. The summed E-state index contributed by atoms with van der Waals surface area (Å²) in [4.78, 5) is 23.7. The first-order chi connectivity index (χ1) is 15.6. The van der Waals surface area contributed by atoms with Crippen molar-refractivity contribution in [3.8, 4) is 11.5 Å². The number of nitrogens with zero attached hydrogens (tertiary/aromatic N) is 3. The minimum Gasteiger partial charge on any atom is -0.454 e. The van der Waals surface area contributed by atoms with Crippen molar-refractivity contribution >= 4 is 28.4 Å². The highest BCUT2D eigenvalue weighted by atomic mass is 35.5. The van der Waals surface area contributed by atoms with Gasteiger partial charge >= 0.3 is 0 Å². The molecule has 1 aliphatic heterocycles. The van der Waals surface area contributed by atoms with Crippen LogP contribution in [0.1, 0.15) is 27.0 Å². The molecule has 4 aromatic rings. The molecule has 0 saturated heterocycles. The van der Waals surface area contributed by atoms with Gasteiger partial charge in [-0.2, -0.15) is 0 Å². The maximum atomic E-state index is 13.3. The molecule has 2 aromatic heterocycles. The van der Waals surface area contributed by atoms with Crippen LogP contribution in [0.25, 0.3) is 10.9 Å². The largest absolute Gasteiger partial charge is 0.454 e.